The Hall–Kier alpha value is -9.81. The number of rotatable bonds is 8. The van der Waals surface area contributed by atoms with Gasteiger partial charge in [-0.1, -0.05) is 200 Å². The molecule has 0 amide bonds. The van der Waals surface area contributed by atoms with Gasteiger partial charge in [0.2, 0.25) is 0 Å². The van der Waals surface area contributed by atoms with Gasteiger partial charge in [0.25, 0.3) is 0 Å². The van der Waals surface area contributed by atoms with Crippen LogP contribution in [-0.4, -0.2) is 4.57 Å². The molecule has 1 N–H and O–H groups in total. The maximum Gasteiger partial charge on any atom is 0.103 e. The van der Waals surface area contributed by atoms with Crippen molar-refractivity contribution in [2.75, 3.05) is 15.1 Å². The summed E-state index contributed by atoms with van der Waals surface area (Å²) in [4.78, 5) is 6.19. The predicted molar refractivity (Wildman–Crippen MR) is 334 cm³/mol. The lowest BCUT2D eigenvalue weighted by atomic mass is 9.97. The zero-order valence-corrected chi connectivity index (χ0v) is 43.2. The Bertz CT molecular complexity index is 4890. The molecule has 0 spiro atoms. The smallest absolute Gasteiger partial charge is 0.103 e. The first-order chi connectivity index (χ1) is 38.7. The number of nitrogens with one attached hydrogen (secondary N) is 1. The topological polar surface area (TPSA) is 23.4 Å². The van der Waals surface area contributed by atoms with E-state index in [1.807, 2.05) is 11.8 Å². The summed E-state index contributed by atoms with van der Waals surface area (Å²) in [6, 6.07) is 103. The normalized spacial score (nSPS) is 13.3. The number of benzene rings is 14. The van der Waals surface area contributed by atoms with Gasteiger partial charge in [-0.05, 0) is 150 Å². The van der Waals surface area contributed by atoms with Crippen LogP contribution in [-0.2, 0) is 0 Å². The van der Waals surface area contributed by atoms with Gasteiger partial charge in [0.1, 0.15) is 5.37 Å². The summed E-state index contributed by atoms with van der Waals surface area (Å²) in [6.07, 6.45) is 0. The summed E-state index contributed by atoms with van der Waals surface area (Å²) in [6.45, 7) is 0. The molecule has 1 unspecified atom stereocenters. The van der Waals surface area contributed by atoms with E-state index < -0.39 is 0 Å². The lowest BCUT2D eigenvalue weighted by Gasteiger charge is -2.29. The van der Waals surface area contributed by atoms with Crippen molar-refractivity contribution in [2.24, 2.45) is 0 Å². The molecule has 4 nitrogen and oxygen atoms in total. The van der Waals surface area contributed by atoms with Crippen LogP contribution in [0.4, 0.5) is 39.8 Å². The van der Waals surface area contributed by atoms with Gasteiger partial charge in [0.15, 0.2) is 0 Å². The molecule has 78 heavy (non-hydrogen) atoms. The van der Waals surface area contributed by atoms with Crippen LogP contribution in [0, 0.1) is 0 Å². The van der Waals surface area contributed by atoms with Crippen LogP contribution in [0.2, 0.25) is 0 Å². The third-order valence-electron chi connectivity index (χ3n) is 16.1. The van der Waals surface area contributed by atoms with Crippen molar-refractivity contribution in [3.63, 3.8) is 0 Å². The van der Waals surface area contributed by atoms with Crippen LogP contribution in [0.5, 0.6) is 0 Å². The fourth-order valence-electron chi connectivity index (χ4n) is 12.5. The third kappa shape index (κ3) is 7.16. The average Bonchev–Trinajstić information content (AvgIpc) is 4.20. The molecule has 366 valence electrons. The Morgan fingerprint density at radius 3 is 1.36 bits per heavy atom. The number of aromatic nitrogens is 1. The van der Waals surface area contributed by atoms with Crippen molar-refractivity contribution in [2.45, 2.75) is 10.3 Å². The molecule has 0 fully saturated rings. The summed E-state index contributed by atoms with van der Waals surface area (Å²) < 4.78 is 2.39. The number of hydrogen-bond donors (Lipinski definition) is 1. The lowest BCUT2D eigenvalue weighted by Crippen LogP contribution is -2.11. The number of nitrogens with zero attached hydrogens (tertiary/aromatic N) is 3. The van der Waals surface area contributed by atoms with E-state index >= 15 is 0 Å². The maximum atomic E-state index is 3.80. The zero-order chi connectivity index (χ0) is 51.3. The van der Waals surface area contributed by atoms with Crippen molar-refractivity contribution in [3.05, 3.63) is 285 Å². The van der Waals surface area contributed by atoms with E-state index in [0.29, 0.717) is 0 Å². The van der Waals surface area contributed by atoms with E-state index in [1.165, 1.54) is 96.9 Å². The number of hydrogen-bond acceptors (Lipinski definition) is 4. The second-order valence-electron chi connectivity index (χ2n) is 20.5. The minimum Gasteiger partial charge on any atom is -0.368 e. The second-order valence-corrected chi connectivity index (χ2v) is 21.6. The SMILES string of the molecule is c1ccc(C2Nc3ccc(N(c4ccc5c(ccc6cc(N(c7ccc8c(c7)c7ccccc7n8-c7ccccc7)c7cc8ccccc8c8ccccc78)ccc65)c4)c4cc5ccccc5c5ccccc45)cc3S2)cc1. The number of para-hydroxylation sites is 2. The van der Waals surface area contributed by atoms with Gasteiger partial charge in [-0.15, -0.1) is 0 Å². The van der Waals surface area contributed by atoms with Crippen molar-refractivity contribution in [1.82, 2.24) is 4.57 Å². The van der Waals surface area contributed by atoms with Crippen molar-refractivity contribution in [3.8, 4) is 5.69 Å². The highest BCUT2D eigenvalue weighted by molar-refractivity contribution is 8.00. The monoisotopic (exact) mass is 1010 g/mol. The second kappa shape index (κ2) is 17.9. The van der Waals surface area contributed by atoms with Gasteiger partial charge in [-0.25, -0.2) is 0 Å². The molecule has 16 rings (SSSR count). The van der Waals surface area contributed by atoms with Gasteiger partial charge < -0.3 is 19.7 Å². The van der Waals surface area contributed by atoms with E-state index in [9.17, 15) is 0 Å². The fourth-order valence-corrected chi connectivity index (χ4v) is 13.7. The van der Waals surface area contributed by atoms with E-state index in [0.717, 1.165) is 45.5 Å². The summed E-state index contributed by atoms with van der Waals surface area (Å²) in [5.41, 5.74) is 12.6. The van der Waals surface area contributed by atoms with Crippen LogP contribution in [0.1, 0.15) is 10.9 Å². The number of fused-ring (bicyclic) bond motifs is 13. The lowest BCUT2D eigenvalue weighted by molar-refractivity contribution is 1.13. The summed E-state index contributed by atoms with van der Waals surface area (Å²) >= 11 is 1.88. The van der Waals surface area contributed by atoms with Gasteiger partial charge in [0, 0.05) is 60.6 Å². The summed E-state index contributed by atoms with van der Waals surface area (Å²) in [5.74, 6) is 0. The maximum absolute atomic E-state index is 3.80. The minimum absolute atomic E-state index is 0.150. The molecule has 15 aromatic rings. The van der Waals surface area contributed by atoms with Gasteiger partial charge in [-0.2, -0.15) is 0 Å². The largest absolute Gasteiger partial charge is 0.368 e. The molecule has 0 saturated carbocycles. The Morgan fingerprint density at radius 2 is 0.744 bits per heavy atom. The van der Waals surface area contributed by atoms with Gasteiger partial charge >= 0.3 is 0 Å². The average molecular weight is 1010 g/mol. The molecular formula is C73H48N4S. The standard InChI is InChI=1S/C73H48N4S/c1-3-17-47(18-4-1)73-74-67-39-35-56(46-72(67)78-73)76(71-44-49-20-8-10-24-58(49)62-26-12-14-28-64(62)71)54-34-38-60-51(42-54)32-31-50-41-53(33-37-59(50)60)75(70-43-48-19-7-9-23-57(48)61-25-11-13-27-63(61)70)55-36-40-69-66(45-55)65-29-15-16-30-68(65)77(69)52-21-5-2-6-22-52/h1-46,73-74H. The first-order valence-corrected chi connectivity index (χ1v) is 27.6. The summed E-state index contributed by atoms with van der Waals surface area (Å²) in [5, 5.41) is 21.0. The van der Waals surface area contributed by atoms with E-state index in [-0.39, 0.29) is 5.37 Å². The number of thioether (sulfide) groups is 1. The van der Waals surface area contributed by atoms with E-state index in [4.69, 9.17) is 0 Å². The van der Waals surface area contributed by atoms with Crippen molar-refractivity contribution in [1.29, 1.82) is 0 Å². The van der Waals surface area contributed by atoms with Crippen molar-refractivity contribution >= 4 is 138 Å². The molecule has 0 radical (unpaired) electrons. The van der Waals surface area contributed by atoms with Crippen LogP contribution in [0.15, 0.2) is 284 Å². The Kier molecular flexibility index (Phi) is 10.2. The first kappa shape index (κ1) is 44.5. The highest BCUT2D eigenvalue weighted by Crippen LogP contribution is 2.51. The number of anilines is 7. The van der Waals surface area contributed by atoms with Crippen LogP contribution >= 0.6 is 11.8 Å². The van der Waals surface area contributed by atoms with Crippen LogP contribution in [0.3, 0.4) is 0 Å². The molecule has 5 heteroatoms. The predicted octanol–water partition coefficient (Wildman–Crippen LogP) is 20.9. The molecule has 0 bridgehead atoms. The molecule has 0 aliphatic carbocycles. The third-order valence-corrected chi connectivity index (χ3v) is 17.3. The zero-order valence-electron chi connectivity index (χ0n) is 42.4. The summed E-state index contributed by atoms with van der Waals surface area (Å²) in [7, 11) is 0. The van der Waals surface area contributed by atoms with Gasteiger partial charge in [0.05, 0.1) is 22.4 Å². The molecule has 1 aromatic heterocycles. The highest BCUT2D eigenvalue weighted by atomic mass is 32.2. The van der Waals surface area contributed by atoms with Crippen molar-refractivity contribution < 1.29 is 0 Å². The Balaban J connectivity index is 0.861. The highest BCUT2D eigenvalue weighted by Gasteiger charge is 2.26. The van der Waals surface area contributed by atoms with E-state index in [1.54, 1.807) is 0 Å². The molecule has 1 aliphatic heterocycles. The quantitative estimate of drug-likeness (QED) is 0.153. The van der Waals surface area contributed by atoms with Crippen LogP contribution < -0.4 is 15.1 Å². The molecule has 0 saturated heterocycles. The Morgan fingerprint density at radius 1 is 0.308 bits per heavy atom. The molecular weight excluding hydrogens is 965 g/mol. The molecule has 2 heterocycles. The van der Waals surface area contributed by atoms with Crippen LogP contribution in [0.25, 0.3) is 92.1 Å². The fraction of sp³-hybridized carbons (Fsp3) is 0.0137. The molecule has 14 aromatic carbocycles. The van der Waals surface area contributed by atoms with Gasteiger partial charge in [-0.3, -0.25) is 0 Å². The Labute approximate surface area is 455 Å². The van der Waals surface area contributed by atoms with E-state index in [2.05, 4.69) is 299 Å². The first-order valence-electron chi connectivity index (χ1n) is 26.8. The molecule has 1 aliphatic rings. The minimum atomic E-state index is 0.150. The molecule has 1 atom stereocenters.